The summed E-state index contributed by atoms with van der Waals surface area (Å²) in [7, 11) is 0. The molecule has 192 valence electrons. The van der Waals surface area contributed by atoms with Gasteiger partial charge in [-0.1, -0.05) is 30.3 Å². The second-order valence-electron chi connectivity index (χ2n) is 9.79. The van der Waals surface area contributed by atoms with Gasteiger partial charge in [0.15, 0.2) is 22.8 Å². The van der Waals surface area contributed by atoms with E-state index < -0.39 is 0 Å². The lowest BCUT2D eigenvalue weighted by atomic mass is 10.0. The zero-order chi connectivity index (χ0) is 25.2. The molecule has 6 rings (SSSR count). The molecule has 4 aromatic rings. The molecule has 0 unspecified atom stereocenters. The topological polar surface area (TPSA) is 79.5 Å². The molecular weight excluding hydrogens is 471 g/mol. The van der Waals surface area contributed by atoms with E-state index in [1.807, 2.05) is 36.7 Å². The van der Waals surface area contributed by atoms with Crippen LogP contribution in [0.5, 0.6) is 0 Å². The zero-order valence-electron chi connectivity index (χ0n) is 20.8. The van der Waals surface area contributed by atoms with Crippen LogP contribution in [0.4, 0.5) is 10.2 Å². The molecule has 37 heavy (non-hydrogen) atoms. The number of fused-ring (bicyclic) bond motifs is 1. The Bertz CT molecular complexity index is 1380. The first kappa shape index (κ1) is 24.0. The lowest BCUT2D eigenvalue weighted by Crippen LogP contribution is -2.37. The van der Waals surface area contributed by atoms with Crippen molar-refractivity contribution < 1.29 is 14.2 Å². The first-order chi connectivity index (χ1) is 18.2. The van der Waals surface area contributed by atoms with Crippen LogP contribution in [0, 0.1) is 5.82 Å². The number of likely N-dealkylation sites (tertiary alicyclic amines) is 1. The number of rotatable bonds is 6. The lowest BCUT2D eigenvalue weighted by molar-refractivity contribution is 0.122. The third-order valence-corrected chi connectivity index (χ3v) is 7.33. The van der Waals surface area contributed by atoms with Crippen molar-refractivity contribution in [2.45, 2.75) is 32.0 Å². The Kier molecular flexibility index (Phi) is 6.82. The van der Waals surface area contributed by atoms with Crippen LogP contribution < -0.4 is 4.90 Å². The van der Waals surface area contributed by atoms with E-state index in [1.54, 1.807) is 12.1 Å². The largest absolute Gasteiger partial charge is 0.392 e. The number of aliphatic hydroxyl groups is 1. The number of aliphatic hydroxyl groups excluding tert-OH is 1. The number of hydrogen-bond donors (Lipinski definition) is 1. The summed E-state index contributed by atoms with van der Waals surface area (Å²) in [5.41, 5.74) is 4.36. The number of imidazole rings is 1. The van der Waals surface area contributed by atoms with Crippen LogP contribution in [-0.4, -0.2) is 68.9 Å². The summed E-state index contributed by atoms with van der Waals surface area (Å²) in [6.45, 7) is 5.40. The summed E-state index contributed by atoms with van der Waals surface area (Å²) in [5.74, 6) is 1.28. The highest BCUT2D eigenvalue weighted by molar-refractivity contribution is 5.86. The first-order valence-corrected chi connectivity index (χ1v) is 12.9. The molecule has 8 nitrogen and oxygen atoms in total. The Morgan fingerprint density at radius 3 is 2.51 bits per heavy atom. The summed E-state index contributed by atoms with van der Waals surface area (Å²) in [6, 6.07) is 14.9. The maximum atomic E-state index is 13.6. The number of halogens is 1. The van der Waals surface area contributed by atoms with Crippen LogP contribution in [0.3, 0.4) is 0 Å². The van der Waals surface area contributed by atoms with Gasteiger partial charge in [0.1, 0.15) is 5.82 Å². The van der Waals surface area contributed by atoms with Gasteiger partial charge in [-0.25, -0.2) is 19.3 Å². The van der Waals surface area contributed by atoms with Crippen molar-refractivity contribution >= 4 is 17.0 Å². The van der Waals surface area contributed by atoms with Crippen molar-refractivity contribution in [3.05, 3.63) is 71.8 Å². The number of benzene rings is 2. The van der Waals surface area contributed by atoms with E-state index >= 15 is 0 Å². The number of nitrogens with zero attached hydrogens (tertiary/aromatic N) is 6. The van der Waals surface area contributed by atoms with E-state index in [9.17, 15) is 9.50 Å². The Labute approximate surface area is 215 Å². The van der Waals surface area contributed by atoms with Gasteiger partial charge >= 0.3 is 0 Å². The average molecular weight is 503 g/mol. The molecule has 2 aromatic carbocycles. The maximum Gasteiger partial charge on any atom is 0.166 e. The maximum absolute atomic E-state index is 13.6. The molecule has 0 aliphatic carbocycles. The predicted octanol–water partition coefficient (Wildman–Crippen LogP) is 3.80. The Morgan fingerprint density at radius 1 is 0.946 bits per heavy atom. The molecule has 0 amide bonds. The molecular formula is C28H31FN6O2. The third-order valence-electron chi connectivity index (χ3n) is 7.33. The zero-order valence-corrected chi connectivity index (χ0v) is 20.8. The van der Waals surface area contributed by atoms with Crippen molar-refractivity contribution in [2.24, 2.45) is 0 Å². The molecule has 0 spiro atoms. The predicted molar refractivity (Wildman–Crippen MR) is 140 cm³/mol. The molecule has 0 radical (unpaired) electrons. The highest BCUT2D eigenvalue weighted by atomic mass is 19.1. The highest BCUT2D eigenvalue weighted by Crippen LogP contribution is 2.32. The van der Waals surface area contributed by atoms with E-state index in [2.05, 4.69) is 14.4 Å². The number of morpholine rings is 1. The summed E-state index contributed by atoms with van der Waals surface area (Å²) in [6.07, 6.45) is 3.84. The Hall–Kier alpha value is -3.40. The number of ether oxygens (including phenoxy) is 1. The molecule has 2 aromatic heterocycles. The Morgan fingerprint density at radius 2 is 1.73 bits per heavy atom. The van der Waals surface area contributed by atoms with Crippen LogP contribution in [-0.2, 0) is 17.9 Å². The van der Waals surface area contributed by atoms with E-state index in [0.717, 1.165) is 79.2 Å². The van der Waals surface area contributed by atoms with Gasteiger partial charge in [0.05, 0.1) is 26.1 Å². The molecule has 1 N–H and O–H groups in total. The normalized spacial score (nSPS) is 17.5. The van der Waals surface area contributed by atoms with Gasteiger partial charge in [-0.2, -0.15) is 0 Å². The van der Waals surface area contributed by atoms with Gasteiger partial charge in [-0.15, -0.1) is 0 Å². The van der Waals surface area contributed by atoms with Crippen molar-refractivity contribution in [3.63, 3.8) is 0 Å². The standard InChI is InChI=1S/C28H31FN6O2/c29-23-6-2-3-20(16-23)17-33-9-7-24(8-10-33)35-19-30-25-27(34-11-13-37-14-12-34)31-26(32-28(25)35)22-5-1-4-21(15-22)18-36/h1-6,15-16,19,24,36H,7-14,17-18H2. The van der Waals surface area contributed by atoms with Crippen LogP contribution in [0.1, 0.15) is 30.0 Å². The minimum Gasteiger partial charge on any atom is -0.392 e. The summed E-state index contributed by atoms with van der Waals surface area (Å²) in [5, 5.41) is 9.65. The van der Waals surface area contributed by atoms with E-state index in [1.165, 1.54) is 6.07 Å². The van der Waals surface area contributed by atoms with Crippen LogP contribution in [0.2, 0.25) is 0 Å². The van der Waals surface area contributed by atoms with Gasteiger partial charge < -0.3 is 19.3 Å². The molecule has 0 saturated carbocycles. The number of piperidine rings is 1. The average Bonchev–Trinajstić information content (AvgIpc) is 3.38. The van der Waals surface area contributed by atoms with Gasteiger partial charge in [0.25, 0.3) is 0 Å². The van der Waals surface area contributed by atoms with Gasteiger partial charge in [0.2, 0.25) is 0 Å². The van der Waals surface area contributed by atoms with Crippen LogP contribution >= 0.6 is 0 Å². The molecule has 0 atom stereocenters. The van der Waals surface area contributed by atoms with E-state index in [4.69, 9.17) is 19.7 Å². The van der Waals surface area contributed by atoms with E-state index in [-0.39, 0.29) is 18.5 Å². The fourth-order valence-corrected chi connectivity index (χ4v) is 5.35. The molecule has 2 saturated heterocycles. The SMILES string of the molecule is OCc1cccc(-c2nc(N3CCOCC3)c3ncn(C4CCN(Cc5cccc(F)c5)CC4)c3n2)c1. The van der Waals surface area contributed by atoms with Gasteiger partial charge in [0, 0.05) is 44.3 Å². The second-order valence-corrected chi connectivity index (χ2v) is 9.79. The first-order valence-electron chi connectivity index (χ1n) is 12.9. The quantitative estimate of drug-likeness (QED) is 0.430. The molecule has 2 aliphatic rings. The fourth-order valence-electron chi connectivity index (χ4n) is 5.35. The fraction of sp³-hybridized carbons (Fsp3) is 0.393. The Balaban J connectivity index is 1.30. The molecule has 9 heteroatoms. The van der Waals surface area contributed by atoms with Gasteiger partial charge in [-0.05, 0) is 42.2 Å². The van der Waals surface area contributed by atoms with Crippen molar-refractivity contribution in [1.29, 1.82) is 0 Å². The minimum atomic E-state index is -0.187. The van der Waals surface area contributed by atoms with Crippen LogP contribution in [0.25, 0.3) is 22.6 Å². The van der Waals surface area contributed by atoms with Crippen molar-refractivity contribution in [1.82, 2.24) is 24.4 Å². The molecule has 4 heterocycles. The molecule has 0 bridgehead atoms. The smallest absolute Gasteiger partial charge is 0.166 e. The highest BCUT2D eigenvalue weighted by Gasteiger charge is 2.26. The van der Waals surface area contributed by atoms with Gasteiger partial charge in [-0.3, -0.25) is 4.90 Å². The summed E-state index contributed by atoms with van der Waals surface area (Å²) >= 11 is 0. The minimum absolute atomic E-state index is 0.0292. The lowest BCUT2D eigenvalue weighted by Gasteiger charge is -2.32. The molecule has 2 aliphatic heterocycles. The number of aromatic nitrogens is 4. The van der Waals surface area contributed by atoms with Crippen molar-refractivity contribution in [3.8, 4) is 11.4 Å². The number of hydrogen-bond acceptors (Lipinski definition) is 7. The summed E-state index contributed by atoms with van der Waals surface area (Å²) < 4.78 is 21.4. The van der Waals surface area contributed by atoms with E-state index in [0.29, 0.717) is 19.0 Å². The monoisotopic (exact) mass is 502 g/mol. The summed E-state index contributed by atoms with van der Waals surface area (Å²) in [4.78, 5) is 19.4. The second kappa shape index (κ2) is 10.5. The van der Waals surface area contributed by atoms with Crippen molar-refractivity contribution in [2.75, 3.05) is 44.3 Å². The number of anilines is 1. The van der Waals surface area contributed by atoms with Crippen LogP contribution in [0.15, 0.2) is 54.9 Å². The molecule has 2 fully saturated rings. The third kappa shape index (κ3) is 5.07.